The molecule has 1 fully saturated rings. The number of hydrogen-bond donors (Lipinski definition) is 2. The summed E-state index contributed by atoms with van der Waals surface area (Å²) in [4.78, 5) is 43.4. The number of benzene rings is 1. The number of aryl methyl sites for hydroxylation is 1. The van der Waals surface area contributed by atoms with Crippen LogP contribution < -0.4 is 21.5 Å². The monoisotopic (exact) mass is 398 g/mol. The molecule has 1 aliphatic rings. The zero-order chi connectivity index (χ0) is 20.7. The standard InChI is InChI=1S/C19H22N6O4/c1-22-15-14(16(26)23(2)19(22)29)25(18(21-15)24-8-6-20-7-9-24)11-12-4-3-5-13(10-12)17(27)28/h3-5,10,20H,6-9,11H2,1-2H3,(H,27,28). The second-order valence-corrected chi connectivity index (χ2v) is 7.12. The summed E-state index contributed by atoms with van der Waals surface area (Å²) >= 11 is 0. The Morgan fingerprint density at radius 1 is 1.17 bits per heavy atom. The van der Waals surface area contributed by atoms with Crippen LogP contribution in [0.25, 0.3) is 11.2 Å². The van der Waals surface area contributed by atoms with Gasteiger partial charge in [-0.3, -0.25) is 18.5 Å². The molecule has 3 heterocycles. The van der Waals surface area contributed by atoms with Gasteiger partial charge in [-0.05, 0) is 17.7 Å². The van der Waals surface area contributed by atoms with Gasteiger partial charge in [-0.2, -0.15) is 4.98 Å². The summed E-state index contributed by atoms with van der Waals surface area (Å²) in [6.07, 6.45) is 0. The fraction of sp³-hybridized carbons (Fsp3) is 0.368. The fourth-order valence-corrected chi connectivity index (χ4v) is 3.68. The molecular formula is C19H22N6O4. The molecule has 1 aliphatic heterocycles. The summed E-state index contributed by atoms with van der Waals surface area (Å²) in [5, 5.41) is 12.6. The van der Waals surface area contributed by atoms with Crippen LogP contribution in [0.5, 0.6) is 0 Å². The molecule has 10 nitrogen and oxygen atoms in total. The Bertz CT molecular complexity index is 1220. The van der Waals surface area contributed by atoms with E-state index in [1.54, 1.807) is 23.7 Å². The molecule has 0 atom stereocenters. The maximum Gasteiger partial charge on any atom is 0.335 e. The van der Waals surface area contributed by atoms with E-state index in [-0.39, 0.29) is 12.1 Å². The zero-order valence-electron chi connectivity index (χ0n) is 16.3. The highest BCUT2D eigenvalue weighted by molar-refractivity contribution is 5.87. The van der Waals surface area contributed by atoms with Gasteiger partial charge in [0.1, 0.15) is 0 Å². The van der Waals surface area contributed by atoms with Crippen molar-refractivity contribution in [2.45, 2.75) is 6.54 Å². The molecule has 2 aromatic heterocycles. The topological polar surface area (TPSA) is 114 Å². The highest BCUT2D eigenvalue weighted by Gasteiger charge is 2.24. The van der Waals surface area contributed by atoms with Gasteiger partial charge in [-0.25, -0.2) is 9.59 Å². The number of aromatic carboxylic acids is 1. The van der Waals surface area contributed by atoms with Gasteiger partial charge >= 0.3 is 11.7 Å². The van der Waals surface area contributed by atoms with Gasteiger partial charge in [0.25, 0.3) is 5.56 Å². The molecule has 2 N–H and O–H groups in total. The molecule has 1 saturated heterocycles. The molecule has 0 amide bonds. The summed E-state index contributed by atoms with van der Waals surface area (Å²) in [6, 6.07) is 6.60. The minimum Gasteiger partial charge on any atom is -0.478 e. The molecule has 0 unspecified atom stereocenters. The molecule has 4 rings (SSSR count). The average Bonchev–Trinajstić information content (AvgIpc) is 3.11. The number of rotatable bonds is 4. The first kappa shape index (κ1) is 18.9. The number of piperazine rings is 1. The number of imidazole rings is 1. The predicted octanol–water partition coefficient (Wildman–Crippen LogP) is -0.410. The Labute approximate surface area is 165 Å². The van der Waals surface area contributed by atoms with Crippen LogP contribution in [-0.4, -0.2) is 55.9 Å². The normalized spacial score (nSPS) is 14.5. The van der Waals surface area contributed by atoms with Crippen molar-refractivity contribution in [3.05, 3.63) is 56.2 Å². The summed E-state index contributed by atoms with van der Waals surface area (Å²) in [6.45, 7) is 3.27. The fourth-order valence-electron chi connectivity index (χ4n) is 3.68. The summed E-state index contributed by atoms with van der Waals surface area (Å²) in [5.74, 6) is -0.413. The Morgan fingerprint density at radius 3 is 2.59 bits per heavy atom. The van der Waals surface area contributed by atoms with Crippen LogP contribution in [0, 0.1) is 0 Å². The van der Waals surface area contributed by atoms with Crippen LogP contribution in [0.3, 0.4) is 0 Å². The Hall–Kier alpha value is -3.40. The van der Waals surface area contributed by atoms with E-state index in [0.717, 1.165) is 23.2 Å². The van der Waals surface area contributed by atoms with Crippen molar-refractivity contribution in [3.8, 4) is 0 Å². The van der Waals surface area contributed by atoms with Gasteiger partial charge in [0.15, 0.2) is 11.2 Å². The van der Waals surface area contributed by atoms with Crippen molar-refractivity contribution < 1.29 is 9.90 Å². The molecule has 0 bridgehead atoms. The number of carboxylic acids is 1. The molecule has 152 valence electrons. The lowest BCUT2D eigenvalue weighted by atomic mass is 10.1. The van der Waals surface area contributed by atoms with E-state index >= 15 is 0 Å². The smallest absolute Gasteiger partial charge is 0.335 e. The number of nitrogens with one attached hydrogen (secondary N) is 1. The lowest BCUT2D eigenvalue weighted by Gasteiger charge is -2.28. The second-order valence-electron chi connectivity index (χ2n) is 7.12. The quantitative estimate of drug-likeness (QED) is 0.614. The van der Waals surface area contributed by atoms with Crippen LogP contribution in [0.1, 0.15) is 15.9 Å². The maximum atomic E-state index is 12.9. The van der Waals surface area contributed by atoms with Crippen LogP contribution in [0.2, 0.25) is 0 Å². The molecule has 29 heavy (non-hydrogen) atoms. The van der Waals surface area contributed by atoms with Crippen molar-refractivity contribution >= 4 is 23.1 Å². The van der Waals surface area contributed by atoms with E-state index in [4.69, 9.17) is 0 Å². The Balaban J connectivity index is 1.94. The van der Waals surface area contributed by atoms with E-state index in [1.807, 2.05) is 6.07 Å². The van der Waals surface area contributed by atoms with E-state index in [0.29, 0.717) is 30.2 Å². The number of fused-ring (bicyclic) bond motifs is 1. The van der Waals surface area contributed by atoms with Gasteiger partial charge in [0, 0.05) is 40.3 Å². The zero-order valence-corrected chi connectivity index (χ0v) is 16.3. The lowest BCUT2D eigenvalue weighted by Crippen LogP contribution is -2.44. The first-order valence-corrected chi connectivity index (χ1v) is 9.32. The van der Waals surface area contributed by atoms with Crippen LogP contribution in [-0.2, 0) is 20.6 Å². The maximum absolute atomic E-state index is 12.9. The number of aromatic nitrogens is 4. The Morgan fingerprint density at radius 2 is 1.90 bits per heavy atom. The van der Waals surface area contributed by atoms with Gasteiger partial charge in [-0.15, -0.1) is 0 Å². The molecule has 0 spiro atoms. The lowest BCUT2D eigenvalue weighted by molar-refractivity contribution is 0.0696. The summed E-state index contributed by atoms with van der Waals surface area (Å²) in [5.41, 5.74) is 0.690. The van der Waals surface area contributed by atoms with E-state index in [2.05, 4.69) is 15.2 Å². The number of carboxylic acid groups (broad SMARTS) is 1. The highest BCUT2D eigenvalue weighted by Crippen LogP contribution is 2.22. The SMILES string of the molecule is Cn1c(=O)c2c(nc(N3CCNCC3)n2Cc2cccc(C(=O)O)c2)n(C)c1=O. The number of nitrogens with zero attached hydrogens (tertiary/aromatic N) is 5. The highest BCUT2D eigenvalue weighted by atomic mass is 16.4. The average molecular weight is 398 g/mol. The second kappa shape index (κ2) is 7.21. The molecule has 0 radical (unpaired) electrons. The first-order chi connectivity index (χ1) is 13.9. The van der Waals surface area contributed by atoms with Crippen molar-refractivity contribution in [3.63, 3.8) is 0 Å². The number of anilines is 1. The van der Waals surface area contributed by atoms with Gasteiger partial charge in [-0.1, -0.05) is 12.1 Å². The molecule has 3 aromatic rings. The van der Waals surface area contributed by atoms with Crippen molar-refractivity contribution in [2.75, 3.05) is 31.1 Å². The van der Waals surface area contributed by atoms with Gasteiger partial charge in [0.05, 0.1) is 12.1 Å². The molecule has 1 aromatic carbocycles. The van der Waals surface area contributed by atoms with E-state index in [9.17, 15) is 19.5 Å². The number of carbonyl (C=O) groups is 1. The van der Waals surface area contributed by atoms with E-state index < -0.39 is 17.2 Å². The third kappa shape index (κ3) is 3.21. The van der Waals surface area contributed by atoms with Crippen molar-refractivity contribution in [1.29, 1.82) is 0 Å². The minimum absolute atomic E-state index is 0.177. The molecule has 0 saturated carbocycles. The Kier molecular flexibility index (Phi) is 4.71. The summed E-state index contributed by atoms with van der Waals surface area (Å²) < 4.78 is 4.21. The molecule has 10 heteroatoms. The first-order valence-electron chi connectivity index (χ1n) is 9.32. The van der Waals surface area contributed by atoms with Crippen LogP contribution >= 0.6 is 0 Å². The van der Waals surface area contributed by atoms with Crippen LogP contribution in [0.4, 0.5) is 5.95 Å². The van der Waals surface area contributed by atoms with Crippen molar-refractivity contribution in [1.82, 2.24) is 24.0 Å². The third-order valence-corrected chi connectivity index (χ3v) is 5.24. The van der Waals surface area contributed by atoms with Crippen molar-refractivity contribution in [2.24, 2.45) is 14.1 Å². The third-order valence-electron chi connectivity index (χ3n) is 5.24. The largest absolute Gasteiger partial charge is 0.478 e. The van der Waals surface area contributed by atoms with Crippen LogP contribution in [0.15, 0.2) is 33.9 Å². The summed E-state index contributed by atoms with van der Waals surface area (Å²) in [7, 11) is 3.03. The number of hydrogen-bond acceptors (Lipinski definition) is 6. The molecule has 0 aliphatic carbocycles. The molecular weight excluding hydrogens is 376 g/mol. The predicted molar refractivity (Wildman–Crippen MR) is 108 cm³/mol. The van der Waals surface area contributed by atoms with Gasteiger partial charge in [0.2, 0.25) is 5.95 Å². The van der Waals surface area contributed by atoms with Gasteiger partial charge < -0.3 is 15.3 Å². The van der Waals surface area contributed by atoms with E-state index in [1.165, 1.54) is 17.7 Å². The minimum atomic E-state index is -1.01.